The van der Waals surface area contributed by atoms with E-state index in [9.17, 15) is 9.59 Å². The number of pyridine rings is 1. The smallest absolute Gasteiger partial charge is 0.261 e. The minimum absolute atomic E-state index is 0.0723. The van der Waals surface area contributed by atoms with Gasteiger partial charge in [-0.2, -0.15) is 0 Å². The number of carbonyl (C=O) groups is 1. The van der Waals surface area contributed by atoms with Crippen molar-refractivity contribution in [1.29, 1.82) is 0 Å². The van der Waals surface area contributed by atoms with Crippen LogP contribution in [-0.2, 0) is 13.0 Å². The van der Waals surface area contributed by atoms with Crippen molar-refractivity contribution >= 4 is 45.6 Å². The molecule has 1 aromatic carbocycles. The Kier molecular flexibility index (Phi) is 6.75. The maximum atomic E-state index is 13.1. The fourth-order valence-electron chi connectivity index (χ4n) is 5.34. The molecule has 0 saturated carbocycles. The number of halogens is 1. The number of aromatic nitrogens is 3. The van der Waals surface area contributed by atoms with Gasteiger partial charge in [0.15, 0.2) is 0 Å². The van der Waals surface area contributed by atoms with Gasteiger partial charge in [-0.05, 0) is 81.2 Å². The van der Waals surface area contributed by atoms with Crippen LogP contribution in [0.15, 0.2) is 41.3 Å². The number of benzene rings is 1. The Morgan fingerprint density at radius 2 is 1.97 bits per heavy atom. The first-order valence-corrected chi connectivity index (χ1v) is 14.0. The Hall–Kier alpha value is -3.14. The zero-order valence-electron chi connectivity index (χ0n) is 20.5. The largest absolute Gasteiger partial charge is 0.384 e. The monoisotopic (exact) mass is 536 g/mol. The lowest BCUT2D eigenvalue weighted by atomic mass is 10.1. The first-order valence-electron chi connectivity index (χ1n) is 12.8. The minimum Gasteiger partial charge on any atom is -0.384 e. The molecule has 4 aromatic rings. The van der Waals surface area contributed by atoms with Gasteiger partial charge in [0.1, 0.15) is 11.4 Å². The number of amides is 1. The van der Waals surface area contributed by atoms with Crippen molar-refractivity contribution in [1.82, 2.24) is 24.8 Å². The van der Waals surface area contributed by atoms with Gasteiger partial charge in [-0.1, -0.05) is 11.6 Å². The van der Waals surface area contributed by atoms with E-state index >= 15 is 0 Å². The summed E-state index contributed by atoms with van der Waals surface area (Å²) in [4.78, 5) is 42.3. The maximum absolute atomic E-state index is 13.1. The quantitative estimate of drug-likeness (QED) is 0.287. The molecule has 2 aliphatic rings. The molecule has 8 nitrogen and oxygen atoms in total. The number of H-pyrrole nitrogens is 2. The first kappa shape index (κ1) is 24.2. The number of aromatic amines is 2. The highest BCUT2D eigenvalue weighted by atomic mass is 35.5. The predicted molar refractivity (Wildman–Crippen MR) is 149 cm³/mol. The van der Waals surface area contributed by atoms with E-state index in [0.29, 0.717) is 30.2 Å². The van der Waals surface area contributed by atoms with Crippen LogP contribution in [0.25, 0.3) is 22.4 Å². The molecule has 5 heterocycles. The normalized spacial score (nSPS) is 15.7. The number of anilines is 1. The Bertz CT molecular complexity index is 1500. The minimum atomic E-state index is -0.226. The highest BCUT2D eigenvalue weighted by molar-refractivity contribution is 7.16. The van der Waals surface area contributed by atoms with Crippen LogP contribution >= 0.6 is 22.9 Å². The van der Waals surface area contributed by atoms with E-state index in [1.807, 2.05) is 35.2 Å². The Balaban J connectivity index is 1.18. The number of hydrogen-bond donors (Lipinski definition) is 3. The van der Waals surface area contributed by atoms with Gasteiger partial charge in [0.05, 0.1) is 21.1 Å². The average Bonchev–Trinajstić information content (AvgIpc) is 3.67. The summed E-state index contributed by atoms with van der Waals surface area (Å²) in [5.74, 6) is 0.556. The average molecular weight is 537 g/mol. The van der Waals surface area contributed by atoms with Crippen LogP contribution in [-0.4, -0.2) is 63.4 Å². The highest BCUT2D eigenvalue weighted by Crippen LogP contribution is 2.30. The van der Waals surface area contributed by atoms with Gasteiger partial charge in [0.25, 0.3) is 11.5 Å². The van der Waals surface area contributed by atoms with Gasteiger partial charge in [0, 0.05) is 36.3 Å². The van der Waals surface area contributed by atoms with Gasteiger partial charge in [-0.3, -0.25) is 9.59 Å². The van der Waals surface area contributed by atoms with Crippen molar-refractivity contribution in [3.05, 3.63) is 67.2 Å². The summed E-state index contributed by atoms with van der Waals surface area (Å²) in [6, 6.07) is 9.61. The molecule has 3 N–H and O–H groups in total. The van der Waals surface area contributed by atoms with Gasteiger partial charge in [-0.25, -0.2) is 4.98 Å². The molecule has 0 radical (unpaired) electrons. The van der Waals surface area contributed by atoms with Gasteiger partial charge in [0.2, 0.25) is 0 Å². The van der Waals surface area contributed by atoms with E-state index in [4.69, 9.17) is 16.6 Å². The van der Waals surface area contributed by atoms with E-state index < -0.39 is 0 Å². The third-order valence-corrected chi connectivity index (χ3v) is 8.49. The summed E-state index contributed by atoms with van der Waals surface area (Å²) >= 11 is 7.59. The van der Waals surface area contributed by atoms with Crippen molar-refractivity contribution in [2.45, 2.75) is 32.2 Å². The number of fused-ring (bicyclic) bond motifs is 2. The summed E-state index contributed by atoms with van der Waals surface area (Å²) in [5.41, 5.74) is 4.16. The highest BCUT2D eigenvalue weighted by Gasteiger charge is 2.28. The fourth-order valence-corrected chi connectivity index (χ4v) is 6.42. The van der Waals surface area contributed by atoms with E-state index in [-0.39, 0.29) is 11.5 Å². The molecular formula is C27H29ClN6O2S. The summed E-state index contributed by atoms with van der Waals surface area (Å²) in [7, 11) is 0. The van der Waals surface area contributed by atoms with Crippen LogP contribution < -0.4 is 10.9 Å². The molecule has 10 heteroatoms. The zero-order chi connectivity index (χ0) is 25.4. The number of nitrogens with one attached hydrogen (secondary N) is 3. The molecule has 37 heavy (non-hydrogen) atoms. The van der Waals surface area contributed by atoms with Crippen LogP contribution in [0.2, 0.25) is 4.34 Å². The van der Waals surface area contributed by atoms with E-state index in [0.717, 1.165) is 52.4 Å². The number of nitrogens with zero attached hydrogens (tertiary/aromatic N) is 3. The summed E-state index contributed by atoms with van der Waals surface area (Å²) in [6.45, 7) is 5.44. The summed E-state index contributed by atoms with van der Waals surface area (Å²) in [5, 5.41) is 3.37. The van der Waals surface area contributed by atoms with Crippen molar-refractivity contribution in [3.8, 4) is 11.4 Å². The topological polar surface area (TPSA) is 97.1 Å². The SMILES string of the molecule is O=C1c2cc3[nH]c(-c4c(NCCc5ccc(Cl)s5)cc[nH]c4=O)nc3cc2CN1CCCN1CCCC1. The van der Waals surface area contributed by atoms with Crippen molar-refractivity contribution in [2.24, 2.45) is 0 Å². The van der Waals surface area contributed by atoms with Crippen LogP contribution in [0.1, 0.15) is 40.1 Å². The molecule has 3 aromatic heterocycles. The second kappa shape index (κ2) is 10.3. The lowest BCUT2D eigenvalue weighted by Crippen LogP contribution is -2.29. The number of rotatable bonds is 9. The Labute approximate surface area is 223 Å². The molecule has 0 aliphatic carbocycles. The van der Waals surface area contributed by atoms with E-state index in [1.165, 1.54) is 30.8 Å². The Morgan fingerprint density at radius 1 is 1.11 bits per heavy atom. The molecule has 1 saturated heterocycles. The van der Waals surface area contributed by atoms with Crippen LogP contribution in [0.4, 0.5) is 5.69 Å². The molecular weight excluding hydrogens is 508 g/mol. The van der Waals surface area contributed by atoms with Crippen molar-refractivity contribution < 1.29 is 4.79 Å². The third-order valence-electron chi connectivity index (χ3n) is 7.20. The second-order valence-corrected chi connectivity index (χ2v) is 11.5. The molecule has 6 rings (SSSR count). The fraction of sp³-hybridized carbons (Fsp3) is 0.370. The Morgan fingerprint density at radius 3 is 2.78 bits per heavy atom. The number of likely N-dealkylation sites (tertiary alicyclic amines) is 1. The van der Waals surface area contributed by atoms with Crippen molar-refractivity contribution in [2.75, 3.05) is 38.0 Å². The third kappa shape index (κ3) is 5.03. The number of hydrogen-bond acceptors (Lipinski definition) is 6. The van der Waals surface area contributed by atoms with Gasteiger partial charge >= 0.3 is 0 Å². The summed E-state index contributed by atoms with van der Waals surface area (Å²) in [6.07, 6.45) is 5.99. The molecule has 0 atom stereocenters. The summed E-state index contributed by atoms with van der Waals surface area (Å²) < 4.78 is 0.768. The molecule has 1 amide bonds. The number of thiophene rings is 1. The van der Waals surface area contributed by atoms with Crippen LogP contribution in [0, 0.1) is 0 Å². The van der Waals surface area contributed by atoms with Crippen LogP contribution in [0.5, 0.6) is 0 Å². The number of carbonyl (C=O) groups excluding carboxylic acids is 1. The second-order valence-electron chi connectivity index (χ2n) is 9.72. The van der Waals surface area contributed by atoms with Crippen molar-refractivity contribution in [3.63, 3.8) is 0 Å². The molecule has 192 valence electrons. The lowest BCUT2D eigenvalue weighted by Gasteiger charge is -2.19. The predicted octanol–water partition coefficient (Wildman–Crippen LogP) is 4.73. The van der Waals surface area contributed by atoms with Gasteiger partial charge in [-0.15, -0.1) is 11.3 Å². The standard InChI is InChI=1S/C27H29ClN6O2S/c28-23-5-4-18(37-23)6-8-29-20-7-9-30-26(35)24(20)25-31-21-14-17-16-34(13-3-12-33-10-1-2-11-33)27(36)19(17)15-22(21)32-25/h4-5,7,9,14-15H,1-3,6,8,10-13,16H2,(H,31,32)(H2,29,30,35). The first-order chi connectivity index (χ1) is 18.0. The molecule has 0 unspecified atom stereocenters. The van der Waals surface area contributed by atoms with Gasteiger partial charge < -0.3 is 25.1 Å². The number of imidazole rings is 1. The maximum Gasteiger partial charge on any atom is 0.261 e. The lowest BCUT2D eigenvalue weighted by molar-refractivity contribution is 0.0772. The molecule has 1 fully saturated rings. The zero-order valence-corrected chi connectivity index (χ0v) is 22.1. The van der Waals surface area contributed by atoms with Crippen LogP contribution in [0.3, 0.4) is 0 Å². The molecule has 0 bridgehead atoms. The van der Waals surface area contributed by atoms with E-state index in [1.54, 1.807) is 17.5 Å². The molecule has 0 spiro atoms. The molecule has 2 aliphatic heterocycles. The van der Waals surface area contributed by atoms with E-state index in [2.05, 4.69) is 20.2 Å².